The number of thioether (sulfide) groups is 1. The Labute approximate surface area is 153 Å². The maximum absolute atomic E-state index is 12.3. The zero-order valence-electron chi connectivity index (χ0n) is 14.7. The number of amides is 2. The Balaban J connectivity index is 2.77. The fourth-order valence-electron chi connectivity index (χ4n) is 3.05. The average molecular weight is 396 g/mol. The van der Waals surface area contributed by atoms with Crippen LogP contribution in [-0.4, -0.2) is 67.2 Å². The normalized spacial score (nSPS) is 25.2. The van der Waals surface area contributed by atoms with Crippen LogP contribution in [0.25, 0.3) is 0 Å². The van der Waals surface area contributed by atoms with Gasteiger partial charge in [-0.05, 0) is 43.6 Å². The van der Waals surface area contributed by atoms with Crippen molar-refractivity contribution >= 4 is 33.6 Å². The second kappa shape index (κ2) is 10.2. The molecule has 0 heterocycles. The lowest BCUT2D eigenvalue weighted by molar-refractivity contribution is -0.123. The monoisotopic (exact) mass is 395 g/mol. The van der Waals surface area contributed by atoms with Crippen LogP contribution >= 0.6 is 11.8 Å². The van der Waals surface area contributed by atoms with E-state index in [2.05, 4.69) is 10.6 Å². The molecule has 25 heavy (non-hydrogen) atoms. The highest BCUT2D eigenvalue weighted by molar-refractivity contribution is 7.98. The van der Waals surface area contributed by atoms with Crippen molar-refractivity contribution in [2.24, 2.45) is 11.7 Å². The Bertz CT molecular complexity index is 555. The topological polar surface area (TPSA) is 139 Å². The zero-order valence-corrected chi connectivity index (χ0v) is 16.4. The molecule has 0 saturated heterocycles. The van der Waals surface area contributed by atoms with Crippen LogP contribution in [0.2, 0.25) is 0 Å². The molecule has 0 aliphatic heterocycles. The summed E-state index contributed by atoms with van der Waals surface area (Å²) >= 11 is 1.61. The first-order valence-corrected chi connectivity index (χ1v) is 11.6. The molecule has 1 rings (SSSR count). The van der Waals surface area contributed by atoms with Gasteiger partial charge >= 0.3 is 6.09 Å². The van der Waals surface area contributed by atoms with E-state index in [1.54, 1.807) is 18.7 Å². The van der Waals surface area contributed by atoms with E-state index >= 15 is 0 Å². The largest absolute Gasteiger partial charge is 0.465 e. The van der Waals surface area contributed by atoms with Crippen LogP contribution in [0.15, 0.2) is 0 Å². The fraction of sp³-hybridized carbons (Fsp3) is 0.867. The van der Waals surface area contributed by atoms with Crippen LogP contribution in [0.5, 0.6) is 0 Å². The summed E-state index contributed by atoms with van der Waals surface area (Å²) in [6.07, 6.45) is 2.84. The SMILES string of the molecule is CCS(=O)(=O)C[C@@H]1C[C@H](NC(=O)O)CC[C@@H]1NC(=O)[C@@H](N)CCSC. The van der Waals surface area contributed by atoms with Crippen molar-refractivity contribution in [3.8, 4) is 0 Å². The zero-order chi connectivity index (χ0) is 19.0. The van der Waals surface area contributed by atoms with E-state index < -0.39 is 22.0 Å². The van der Waals surface area contributed by atoms with Gasteiger partial charge in [0.15, 0.2) is 0 Å². The molecule has 0 bridgehead atoms. The summed E-state index contributed by atoms with van der Waals surface area (Å²) in [4.78, 5) is 23.1. The predicted molar refractivity (Wildman–Crippen MR) is 99.5 cm³/mol. The van der Waals surface area contributed by atoms with Crippen LogP contribution in [0.1, 0.15) is 32.6 Å². The number of carbonyl (C=O) groups is 2. The van der Waals surface area contributed by atoms with E-state index in [0.717, 1.165) is 5.75 Å². The Morgan fingerprint density at radius 1 is 1.32 bits per heavy atom. The lowest BCUT2D eigenvalue weighted by Gasteiger charge is -2.36. The van der Waals surface area contributed by atoms with Crippen molar-refractivity contribution < 1.29 is 23.1 Å². The number of rotatable bonds is 9. The summed E-state index contributed by atoms with van der Waals surface area (Å²) in [6.45, 7) is 1.58. The molecular formula is C15H29N3O5S2. The maximum atomic E-state index is 12.3. The van der Waals surface area contributed by atoms with E-state index in [4.69, 9.17) is 10.8 Å². The third kappa shape index (κ3) is 7.83. The summed E-state index contributed by atoms with van der Waals surface area (Å²) in [5, 5.41) is 14.2. The molecule has 4 atom stereocenters. The Hall–Kier alpha value is -1.000. The Morgan fingerprint density at radius 2 is 2.00 bits per heavy atom. The van der Waals surface area contributed by atoms with E-state index in [0.29, 0.717) is 25.7 Å². The molecule has 1 aliphatic carbocycles. The number of hydrogen-bond acceptors (Lipinski definition) is 6. The van der Waals surface area contributed by atoms with Gasteiger partial charge in [-0.15, -0.1) is 0 Å². The number of carbonyl (C=O) groups excluding carboxylic acids is 1. The summed E-state index contributed by atoms with van der Waals surface area (Å²) in [5.41, 5.74) is 5.88. The molecule has 0 spiro atoms. The van der Waals surface area contributed by atoms with Gasteiger partial charge in [0.05, 0.1) is 11.8 Å². The van der Waals surface area contributed by atoms with Crippen LogP contribution in [0.4, 0.5) is 4.79 Å². The van der Waals surface area contributed by atoms with Gasteiger partial charge in [-0.1, -0.05) is 6.92 Å². The molecule has 8 nitrogen and oxygen atoms in total. The van der Waals surface area contributed by atoms with Gasteiger partial charge in [0.2, 0.25) is 5.91 Å². The third-order valence-electron chi connectivity index (χ3n) is 4.52. The van der Waals surface area contributed by atoms with Crippen LogP contribution in [0.3, 0.4) is 0 Å². The molecule has 1 aliphatic rings. The molecule has 0 unspecified atom stereocenters. The maximum Gasteiger partial charge on any atom is 0.404 e. The van der Waals surface area contributed by atoms with E-state index in [1.807, 2.05) is 6.26 Å². The van der Waals surface area contributed by atoms with E-state index in [9.17, 15) is 18.0 Å². The smallest absolute Gasteiger partial charge is 0.404 e. The molecular weight excluding hydrogens is 366 g/mol. The minimum Gasteiger partial charge on any atom is -0.465 e. The highest BCUT2D eigenvalue weighted by atomic mass is 32.2. The van der Waals surface area contributed by atoms with Crippen molar-refractivity contribution in [3.63, 3.8) is 0 Å². The first-order chi connectivity index (χ1) is 11.7. The van der Waals surface area contributed by atoms with Gasteiger partial charge in [0.25, 0.3) is 0 Å². The molecule has 5 N–H and O–H groups in total. The van der Waals surface area contributed by atoms with Gasteiger partial charge in [-0.3, -0.25) is 4.79 Å². The predicted octanol–water partition coefficient (Wildman–Crippen LogP) is 0.423. The summed E-state index contributed by atoms with van der Waals surface area (Å²) in [6, 6.07) is -1.22. The van der Waals surface area contributed by atoms with Crippen molar-refractivity contribution in [1.82, 2.24) is 10.6 Å². The molecule has 1 saturated carbocycles. The van der Waals surface area contributed by atoms with Gasteiger partial charge in [-0.25, -0.2) is 13.2 Å². The first-order valence-electron chi connectivity index (χ1n) is 8.43. The van der Waals surface area contributed by atoms with E-state index in [-0.39, 0.29) is 35.4 Å². The number of hydrogen-bond donors (Lipinski definition) is 4. The first kappa shape index (κ1) is 22.0. The molecule has 10 heteroatoms. The summed E-state index contributed by atoms with van der Waals surface area (Å²) in [5.74, 6) is 0.132. The Morgan fingerprint density at radius 3 is 2.56 bits per heavy atom. The average Bonchev–Trinajstić information content (AvgIpc) is 2.54. The van der Waals surface area contributed by atoms with Crippen LogP contribution in [0, 0.1) is 5.92 Å². The highest BCUT2D eigenvalue weighted by Crippen LogP contribution is 2.27. The fourth-order valence-corrected chi connectivity index (χ4v) is 4.80. The van der Waals surface area contributed by atoms with Gasteiger partial charge < -0.3 is 21.5 Å². The molecule has 0 aromatic heterocycles. The molecule has 0 radical (unpaired) electrons. The second-order valence-corrected chi connectivity index (χ2v) is 9.80. The summed E-state index contributed by atoms with van der Waals surface area (Å²) < 4.78 is 24.1. The quantitative estimate of drug-likeness (QED) is 0.444. The number of sulfone groups is 1. The molecule has 146 valence electrons. The molecule has 0 aromatic carbocycles. The van der Waals surface area contributed by atoms with Crippen molar-refractivity contribution in [2.45, 2.75) is 50.7 Å². The van der Waals surface area contributed by atoms with Crippen molar-refractivity contribution in [2.75, 3.05) is 23.5 Å². The molecule has 2 amide bonds. The van der Waals surface area contributed by atoms with Crippen LogP contribution in [-0.2, 0) is 14.6 Å². The van der Waals surface area contributed by atoms with Gasteiger partial charge in [-0.2, -0.15) is 11.8 Å². The lowest BCUT2D eigenvalue weighted by Crippen LogP contribution is -2.53. The standard InChI is InChI=1S/C15H29N3O5S2/c1-3-25(22,23)9-10-8-11(17-15(20)21)4-5-13(10)18-14(19)12(16)6-7-24-2/h10-13,17H,3-9,16H2,1-2H3,(H,18,19)(H,20,21)/t10-,11+,12-,13-/m0/s1. The lowest BCUT2D eigenvalue weighted by atomic mass is 9.82. The molecule has 0 aromatic rings. The molecule has 1 fully saturated rings. The summed E-state index contributed by atoms with van der Waals surface area (Å²) in [7, 11) is -3.24. The van der Waals surface area contributed by atoms with Crippen molar-refractivity contribution in [1.29, 1.82) is 0 Å². The third-order valence-corrected chi connectivity index (χ3v) is 6.97. The van der Waals surface area contributed by atoms with Crippen molar-refractivity contribution in [3.05, 3.63) is 0 Å². The highest BCUT2D eigenvalue weighted by Gasteiger charge is 2.35. The number of nitrogens with two attached hydrogens (primary N) is 1. The minimum absolute atomic E-state index is 0.0223. The number of nitrogens with one attached hydrogen (secondary N) is 2. The van der Waals surface area contributed by atoms with Gasteiger partial charge in [0, 0.05) is 17.8 Å². The van der Waals surface area contributed by atoms with Crippen LogP contribution < -0.4 is 16.4 Å². The van der Waals surface area contributed by atoms with E-state index in [1.165, 1.54) is 0 Å². The number of carboxylic acid groups (broad SMARTS) is 1. The minimum atomic E-state index is -3.24. The Kier molecular flexibility index (Phi) is 9.01. The second-order valence-electron chi connectivity index (χ2n) is 6.42. The van der Waals surface area contributed by atoms with Gasteiger partial charge in [0.1, 0.15) is 9.84 Å².